The number of likely N-dealkylation sites (tertiary alicyclic amines) is 1. The predicted molar refractivity (Wildman–Crippen MR) is 133 cm³/mol. The number of halogens is 2. The highest BCUT2D eigenvalue weighted by molar-refractivity contribution is 6.30. The molecule has 3 aliphatic heterocycles. The molecule has 3 saturated heterocycles. The van der Waals surface area contributed by atoms with E-state index >= 15 is 0 Å². The molecule has 4 fully saturated rings. The molecule has 2 amide bonds. The summed E-state index contributed by atoms with van der Waals surface area (Å²) < 4.78 is 13.4. The lowest BCUT2D eigenvalue weighted by Crippen LogP contribution is -2.65. The molecule has 1 aromatic carbocycles. The minimum absolute atomic E-state index is 0.00868. The first-order valence-electron chi connectivity index (χ1n) is 13.0. The first-order chi connectivity index (χ1) is 16.8. The minimum atomic E-state index is -0.531. The number of piperidine rings is 2. The Kier molecular flexibility index (Phi) is 6.94. The summed E-state index contributed by atoms with van der Waals surface area (Å²) >= 11 is 5.84. The molecule has 8 heteroatoms. The van der Waals surface area contributed by atoms with Gasteiger partial charge in [-0.1, -0.05) is 17.7 Å². The van der Waals surface area contributed by atoms with Gasteiger partial charge in [0.2, 0.25) is 11.8 Å². The van der Waals surface area contributed by atoms with Crippen LogP contribution in [0.5, 0.6) is 0 Å². The number of aliphatic hydroxyl groups excluding tert-OH is 1. The van der Waals surface area contributed by atoms with Gasteiger partial charge in [-0.15, -0.1) is 0 Å². The van der Waals surface area contributed by atoms with Crippen molar-refractivity contribution in [2.24, 2.45) is 5.41 Å². The SMILES string of the molecule is C[C@H]1C(=O)N2[C@@H](CCN3CCCC4(CC4)[C@@H]3O)CCC[C@H]2CN1C(=O)C=Cc1ccc(F)c(Cl)c1. The van der Waals surface area contributed by atoms with Crippen LogP contribution in [-0.4, -0.2) is 75.6 Å². The number of hydrogen-bond acceptors (Lipinski definition) is 4. The van der Waals surface area contributed by atoms with E-state index < -0.39 is 11.9 Å². The van der Waals surface area contributed by atoms with Gasteiger partial charge in [-0.05, 0) is 82.1 Å². The number of amides is 2. The van der Waals surface area contributed by atoms with E-state index in [1.165, 1.54) is 18.2 Å². The average Bonchev–Trinajstić information content (AvgIpc) is 3.63. The van der Waals surface area contributed by atoms with Gasteiger partial charge in [0.1, 0.15) is 18.1 Å². The second-order valence-corrected chi connectivity index (χ2v) is 11.2. The van der Waals surface area contributed by atoms with Gasteiger partial charge in [-0.25, -0.2) is 4.39 Å². The summed E-state index contributed by atoms with van der Waals surface area (Å²) in [7, 11) is 0. The quantitative estimate of drug-likeness (QED) is 0.615. The highest BCUT2D eigenvalue weighted by Crippen LogP contribution is 2.55. The minimum Gasteiger partial charge on any atom is -0.378 e. The molecule has 3 heterocycles. The molecule has 1 saturated carbocycles. The third-order valence-electron chi connectivity index (χ3n) is 8.65. The fraction of sp³-hybridized carbons (Fsp3) is 0.630. The van der Waals surface area contributed by atoms with Gasteiger partial charge in [0, 0.05) is 43.2 Å². The molecule has 1 aliphatic carbocycles. The number of benzene rings is 1. The number of carbonyl (C=O) groups is 2. The molecule has 1 spiro atoms. The maximum absolute atomic E-state index is 13.5. The van der Waals surface area contributed by atoms with E-state index in [-0.39, 0.29) is 40.6 Å². The standard InChI is InChI=1S/C27H35ClFN3O3/c1-18-25(34)32-20(10-15-30-14-3-11-27(12-13-27)26(30)35)4-2-5-21(32)17-31(18)24(33)9-7-19-6-8-23(29)22(28)16-19/h6-9,16,18,20-21,26,35H,2-5,10-15,17H2,1H3/t18-,20+,21-,26-/m0/s1. The summed E-state index contributed by atoms with van der Waals surface area (Å²) in [5, 5.41) is 10.9. The summed E-state index contributed by atoms with van der Waals surface area (Å²) in [6.45, 7) is 4.06. The molecular formula is C27H35ClFN3O3. The zero-order valence-corrected chi connectivity index (χ0v) is 21.1. The van der Waals surface area contributed by atoms with Crippen LogP contribution in [0.1, 0.15) is 63.9 Å². The van der Waals surface area contributed by atoms with Crippen LogP contribution < -0.4 is 0 Å². The van der Waals surface area contributed by atoms with Gasteiger partial charge in [-0.3, -0.25) is 14.5 Å². The van der Waals surface area contributed by atoms with E-state index in [0.717, 1.165) is 64.5 Å². The van der Waals surface area contributed by atoms with E-state index in [1.54, 1.807) is 24.0 Å². The van der Waals surface area contributed by atoms with Crippen molar-refractivity contribution in [2.75, 3.05) is 19.6 Å². The van der Waals surface area contributed by atoms with Gasteiger partial charge in [0.05, 0.1) is 5.02 Å². The summed E-state index contributed by atoms with van der Waals surface area (Å²) in [6, 6.07) is 3.96. The molecule has 1 N–H and O–H groups in total. The van der Waals surface area contributed by atoms with Crippen molar-refractivity contribution < 1.29 is 19.1 Å². The highest BCUT2D eigenvalue weighted by atomic mass is 35.5. The Balaban J connectivity index is 1.22. The van der Waals surface area contributed by atoms with Gasteiger partial charge < -0.3 is 14.9 Å². The average molecular weight is 504 g/mol. The molecule has 0 radical (unpaired) electrons. The fourth-order valence-corrected chi connectivity index (χ4v) is 6.56. The maximum atomic E-state index is 13.5. The summed E-state index contributed by atoms with van der Waals surface area (Å²) in [6.07, 6.45) is 11.0. The van der Waals surface area contributed by atoms with Crippen LogP contribution in [0.4, 0.5) is 4.39 Å². The maximum Gasteiger partial charge on any atom is 0.247 e. The first-order valence-corrected chi connectivity index (χ1v) is 13.3. The molecule has 6 nitrogen and oxygen atoms in total. The molecule has 0 aromatic heterocycles. The molecule has 5 rings (SSSR count). The van der Waals surface area contributed by atoms with Crippen LogP contribution in [-0.2, 0) is 9.59 Å². The van der Waals surface area contributed by atoms with Gasteiger partial charge in [0.15, 0.2) is 0 Å². The van der Waals surface area contributed by atoms with E-state index in [2.05, 4.69) is 4.90 Å². The van der Waals surface area contributed by atoms with E-state index in [9.17, 15) is 19.1 Å². The molecule has 4 atom stereocenters. The number of aliphatic hydroxyl groups is 1. The van der Waals surface area contributed by atoms with Crippen LogP contribution in [0.3, 0.4) is 0 Å². The highest BCUT2D eigenvalue weighted by Gasteiger charge is 2.52. The van der Waals surface area contributed by atoms with Crippen molar-refractivity contribution in [1.82, 2.24) is 14.7 Å². The third-order valence-corrected chi connectivity index (χ3v) is 8.94. The Labute approximate surface area is 211 Å². The number of rotatable bonds is 5. The van der Waals surface area contributed by atoms with Crippen molar-refractivity contribution in [3.05, 3.63) is 40.7 Å². The molecule has 4 aliphatic rings. The predicted octanol–water partition coefficient (Wildman–Crippen LogP) is 4.06. The van der Waals surface area contributed by atoms with Crippen molar-refractivity contribution in [1.29, 1.82) is 0 Å². The molecule has 190 valence electrons. The van der Waals surface area contributed by atoms with Crippen LogP contribution in [0.15, 0.2) is 24.3 Å². The summed E-state index contributed by atoms with van der Waals surface area (Å²) in [5.74, 6) is -0.714. The Hall–Kier alpha value is -1.96. The van der Waals surface area contributed by atoms with E-state index in [0.29, 0.717) is 12.1 Å². The Morgan fingerprint density at radius 1 is 1.26 bits per heavy atom. The van der Waals surface area contributed by atoms with Crippen molar-refractivity contribution >= 4 is 29.5 Å². The van der Waals surface area contributed by atoms with Crippen LogP contribution in [0, 0.1) is 11.2 Å². The van der Waals surface area contributed by atoms with Crippen molar-refractivity contribution in [3.63, 3.8) is 0 Å². The first kappa shape index (κ1) is 24.7. The smallest absolute Gasteiger partial charge is 0.247 e. The second kappa shape index (κ2) is 9.83. The van der Waals surface area contributed by atoms with Crippen molar-refractivity contribution in [2.45, 2.75) is 82.6 Å². The molecule has 0 bridgehead atoms. The summed E-state index contributed by atoms with van der Waals surface area (Å²) in [5.41, 5.74) is 0.768. The van der Waals surface area contributed by atoms with Crippen molar-refractivity contribution in [3.8, 4) is 0 Å². The number of fused-ring (bicyclic) bond motifs is 1. The zero-order chi connectivity index (χ0) is 24.7. The van der Waals surface area contributed by atoms with E-state index in [1.807, 2.05) is 4.90 Å². The molecule has 1 aromatic rings. The van der Waals surface area contributed by atoms with Gasteiger partial charge in [0.25, 0.3) is 0 Å². The lowest BCUT2D eigenvalue weighted by molar-refractivity contribution is -0.158. The molecule has 35 heavy (non-hydrogen) atoms. The number of carbonyl (C=O) groups excluding carboxylic acids is 2. The number of nitrogens with zero attached hydrogens (tertiary/aromatic N) is 3. The topological polar surface area (TPSA) is 64.1 Å². The number of hydrogen-bond donors (Lipinski definition) is 1. The largest absolute Gasteiger partial charge is 0.378 e. The van der Waals surface area contributed by atoms with Gasteiger partial charge in [-0.2, -0.15) is 0 Å². The lowest BCUT2D eigenvalue weighted by Gasteiger charge is -2.51. The normalized spacial score (nSPS) is 30.7. The Morgan fingerprint density at radius 3 is 2.80 bits per heavy atom. The zero-order valence-electron chi connectivity index (χ0n) is 20.3. The van der Waals surface area contributed by atoms with Crippen LogP contribution in [0.2, 0.25) is 5.02 Å². The number of piperazine rings is 1. The van der Waals surface area contributed by atoms with E-state index in [4.69, 9.17) is 11.6 Å². The van der Waals surface area contributed by atoms with Crippen LogP contribution >= 0.6 is 11.6 Å². The fourth-order valence-electron chi connectivity index (χ4n) is 6.37. The monoisotopic (exact) mass is 503 g/mol. The lowest BCUT2D eigenvalue weighted by atomic mass is 9.88. The van der Waals surface area contributed by atoms with Crippen LogP contribution in [0.25, 0.3) is 6.08 Å². The second-order valence-electron chi connectivity index (χ2n) is 10.8. The Bertz CT molecular complexity index is 1010. The molecular weight excluding hydrogens is 469 g/mol. The van der Waals surface area contributed by atoms with Gasteiger partial charge >= 0.3 is 0 Å². The third kappa shape index (κ3) is 4.87. The summed E-state index contributed by atoms with van der Waals surface area (Å²) in [4.78, 5) is 32.4. The Morgan fingerprint density at radius 2 is 2.06 bits per heavy atom. The molecule has 0 unspecified atom stereocenters.